The average Bonchev–Trinajstić information content (AvgIpc) is 3.24. The van der Waals surface area contributed by atoms with Gasteiger partial charge in [0.05, 0.1) is 6.61 Å². The summed E-state index contributed by atoms with van der Waals surface area (Å²) in [4.78, 5) is 12.4. The van der Waals surface area contributed by atoms with E-state index in [1.165, 1.54) is 10.4 Å². The van der Waals surface area contributed by atoms with Gasteiger partial charge < -0.3 is 15.2 Å². The maximum absolute atomic E-state index is 13.0. The van der Waals surface area contributed by atoms with Crippen molar-refractivity contribution in [3.05, 3.63) is 48.0 Å². The number of aromatic hydroxyl groups is 1. The highest BCUT2D eigenvalue weighted by atomic mass is 32.2. The van der Waals surface area contributed by atoms with Crippen molar-refractivity contribution < 1.29 is 23.1 Å². The number of hydrogen-bond acceptors (Lipinski definition) is 5. The third-order valence-electron chi connectivity index (χ3n) is 4.82. The number of sulfonamides is 1. The van der Waals surface area contributed by atoms with Crippen molar-refractivity contribution in [3.8, 4) is 11.5 Å². The predicted octanol–water partition coefficient (Wildman–Crippen LogP) is 3.15. The summed E-state index contributed by atoms with van der Waals surface area (Å²) in [5.41, 5.74) is 1.08. The Morgan fingerprint density at radius 1 is 1.17 bits per heavy atom. The fourth-order valence-electron chi connectivity index (χ4n) is 3.32. The maximum Gasteiger partial charge on any atom is 0.246 e. The molecule has 0 bridgehead atoms. The Hall–Kier alpha value is -2.58. The van der Waals surface area contributed by atoms with E-state index in [0.29, 0.717) is 37.4 Å². The summed E-state index contributed by atoms with van der Waals surface area (Å²) in [6.45, 7) is 3.12. The molecular formula is C21H26N2O5S. The van der Waals surface area contributed by atoms with Crippen molar-refractivity contribution in [2.24, 2.45) is 0 Å². The first-order valence-electron chi connectivity index (χ1n) is 9.75. The second kappa shape index (κ2) is 9.28. The van der Waals surface area contributed by atoms with Crippen LogP contribution in [0.15, 0.2) is 47.4 Å². The first-order valence-corrected chi connectivity index (χ1v) is 11.2. The van der Waals surface area contributed by atoms with Gasteiger partial charge in [0.15, 0.2) is 0 Å². The van der Waals surface area contributed by atoms with Crippen LogP contribution in [0.5, 0.6) is 11.5 Å². The van der Waals surface area contributed by atoms with Gasteiger partial charge in [-0.3, -0.25) is 4.79 Å². The van der Waals surface area contributed by atoms with Gasteiger partial charge >= 0.3 is 0 Å². The molecule has 0 aromatic heterocycles. The van der Waals surface area contributed by atoms with Crippen LogP contribution in [-0.2, 0) is 21.2 Å². The Balaban J connectivity index is 1.76. The fraction of sp³-hybridized carbons (Fsp3) is 0.381. The van der Waals surface area contributed by atoms with Crippen LogP contribution < -0.4 is 10.1 Å². The molecule has 0 unspecified atom stereocenters. The molecular weight excluding hydrogens is 392 g/mol. The van der Waals surface area contributed by atoms with Crippen LogP contribution in [0.25, 0.3) is 0 Å². The van der Waals surface area contributed by atoms with E-state index in [1.807, 2.05) is 0 Å². The van der Waals surface area contributed by atoms with Crippen LogP contribution in [-0.4, -0.2) is 43.4 Å². The normalized spacial score (nSPS) is 14.7. The third kappa shape index (κ3) is 5.07. The lowest BCUT2D eigenvalue weighted by Crippen LogP contribution is -2.28. The van der Waals surface area contributed by atoms with Gasteiger partial charge in [-0.05, 0) is 56.0 Å². The van der Waals surface area contributed by atoms with Gasteiger partial charge in [0.25, 0.3) is 0 Å². The molecule has 2 aromatic carbocycles. The minimum Gasteiger partial charge on any atom is -0.508 e. The van der Waals surface area contributed by atoms with E-state index in [9.17, 15) is 18.3 Å². The largest absolute Gasteiger partial charge is 0.508 e. The Morgan fingerprint density at radius 3 is 2.59 bits per heavy atom. The number of para-hydroxylation sites is 1. The molecule has 29 heavy (non-hydrogen) atoms. The summed E-state index contributed by atoms with van der Waals surface area (Å²) in [6, 6.07) is 11.5. The number of ether oxygens (including phenoxy) is 1. The quantitative estimate of drug-likeness (QED) is 0.687. The van der Waals surface area contributed by atoms with E-state index in [1.54, 1.807) is 43.3 Å². The highest BCUT2D eigenvalue weighted by Gasteiger charge is 2.30. The van der Waals surface area contributed by atoms with Crippen LogP contribution in [0.1, 0.15) is 31.7 Å². The number of nitrogens with one attached hydrogen (secondary N) is 1. The van der Waals surface area contributed by atoms with Crippen LogP contribution >= 0.6 is 0 Å². The number of carbonyl (C=O) groups is 1. The first-order chi connectivity index (χ1) is 13.9. The molecule has 7 nitrogen and oxygen atoms in total. The molecule has 1 amide bonds. The van der Waals surface area contributed by atoms with Crippen molar-refractivity contribution in [1.82, 2.24) is 4.31 Å². The molecule has 0 radical (unpaired) electrons. The molecule has 1 fully saturated rings. The Labute approximate surface area is 171 Å². The highest BCUT2D eigenvalue weighted by Crippen LogP contribution is 2.31. The number of nitrogens with zero attached hydrogens (tertiary/aromatic N) is 1. The predicted molar refractivity (Wildman–Crippen MR) is 111 cm³/mol. The van der Waals surface area contributed by atoms with Crippen molar-refractivity contribution in [1.29, 1.82) is 0 Å². The van der Waals surface area contributed by atoms with E-state index < -0.39 is 10.0 Å². The molecule has 0 aliphatic carbocycles. The molecule has 1 aliphatic rings. The van der Waals surface area contributed by atoms with E-state index in [2.05, 4.69) is 5.32 Å². The summed E-state index contributed by atoms with van der Waals surface area (Å²) >= 11 is 0. The number of phenolic OH excluding ortho intramolecular Hbond substituents is 1. The number of carbonyl (C=O) groups excluding carboxylic acids is 1. The topological polar surface area (TPSA) is 95.9 Å². The third-order valence-corrected chi connectivity index (χ3v) is 6.74. The zero-order chi connectivity index (χ0) is 20.9. The van der Waals surface area contributed by atoms with Crippen LogP contribution in [0, 0.1) is 0 Å². The number of benzene rings is 2. The fourth-order valence-corrected chi connectivity index (χ4v) is 5.00. The molecule has 3 rings (SSSR count). The van der Waals surface area contributed by atoms with Gasteiger partial charge in [0, 0.05) is 25.2 Å². The number of hydrogen-bond donors (Lipinski definition) is 2. The second-order valence-corrected chi connectivity index (χ2v) is 8.79. The van der Waals surface area contributed by atoms with Crippen molar-refractivity contribution in [2.75, 3.05) is 25.0 Å². The standard InChI is InChI=1S/C21H26N2O5S/c1-2-28-19-11-10-17(15-20(19)29(26,27)23-13-5-6-14-23)22-21(25)12-9-16-7-3-4-8-18(16)24/h3-4,7-8,10-11,15,24H,2,5-6,9,12-14H2,1H3,(H,22,25). The van der Waals surface area contributed by atoms with Gasteiger partial charge in [0.1, 0.15) is 16.4 Å². The molecule has 1 saturated heterocycles. The molecule has 8 heteroatoms. The molecule has 0 atom stereocenters. The zero-order valence-electron chi connectivity index (χ0n) is 16.4. The van der Waals surface area contributed by atoms with E-state index in [4.69, 9.17) is 4.74 Å². The second-order valence-electron chi connectivity index (χ2n) is 6.88. The molecule has 0 spiro atoms. The van der Waals surface area contributed by atoms with Gasteiger partial charge in [-0.2, -0.15) is 4.31 Å². The SMILES string of the molecule is CCOc1ccc(NC(=O)CCc2ccccc2O)cc1S(=O)(=O)N1CCCC1. The highest BCUT2D eigenvalue weighted by molar-refractivity contribution is 7.89. The Morgan fingerprint density at radius 2 is 1.90 bits per heavy atom. The minimum absolute atomic E-state index is 0.0692. The Bertz CT molecular complexity index is 969. The lowest BCUT2D eigenvalue weighted by molar-refractivity contribution is -0.116. The van der Waals surface area contributed by atoms with Gasteiger partial charge in [0.2, 0.25) is 15.9 Å². The number of amides is 1. The number of aryl methyl sites for hydroxylation is 1. The molecule has 0 saturated carbocycles. The number of anilines is 1. The summed E-state index contributed by atoms with van der Waals surface area (Å²) in [6.07, 6.45) is 2.23. The van der Waals surface area contributed by atoms with Crippen LogP contribution in [0.4, 0.5) is 5.69 Å². The summed E-state index contributed by atoms with van der Waals surface area (Å²) in [5, 5.41) is 12.6. The molecule has 2 N–H and O–H groups in total. The molecule has 1 aliphatic heterocycles. The van der Waals surface area contributed by atoms with Gasteiger partial charge in [-0.15, -0.1) is 0 Å². The zero-order valence-corrected chi connectivity index (χ0v) is 17.2. The monoisotopic (exact) mass is 418 g/mol. The maximum atomic E-state index is 13.0. The van der Waals surface area contributed by atoms with Crippen molar-refractivity contribution in [2.45, 2.75) is 37.5 Å². The van der Waals surface area contributed by atoms with Crippen molar-refractivity contribution >= 4 is 21.6 Å². The summed E-state index contributed by atoms with van der Waals surface area (Å²) in [5.74, 6) is 0.175. The van der Waals surface area contributed by atoms with Crippen molar-refractivity contribution in [3.63, 3.8) is 0 Å². The minimum atomic E-state index is -3.69. The number of rotatable bonds is 8. The number of phenols is 1. The lowest BCUT2D eigenvalue weighted by Gasteiger charge is -2.19. The smallest absolute Gasteiger partial charge is 0.246 e. The first kappa shape index (κ1) is 21.1. The molecule has 1 heterocycles. The van der Waals surface area contributed by atoms with Crippen LogP contribution in [0.2, 0.25) is 0 Å². The molecule has 156 valence electrons. The average molecular weight is 419 g/mol. The van der Waals surface area contributed by atoms with E-state index >= 15 is 0 Å². The van der Waals surface area contributed by atoms with E-state index in [0.717, 1.165) is 12.8 Å². The van der Waals surface area contributed by atoms with Crippen LogP contribution in [0.3, 0.4) is 0 Å². The summed E-state index contributed by atoms with van der Waals surface area (Å²) in [7, 11) is -3.69. The molecule has 2 aromatic rings. The van der Waals surface area contributed by atoms with Gasteiger partial charge in [-0.25, -0.2) is 8.42 Å². The summed E-state index contributed by atoms with van der Waals surface area (Å²) < 4.78 is 33.0. The Kier molecular flexibility index (Phi) is 6.76. The van der Waals surface area contributed by atoms with Gasteiger partial charge in [-0.1, -0.05) is 18.2 Å². The lowest BCUT2D eigenvalue weighted by atomic mass is 10.1. The van der Waals surface area contributed by atoms with E-state index in [-0.39, 0.29) is 28.7 Å².